The Morgan fingerprint density at radius 1 is 0.880 bits per heavy atom. The average Bonchev–Trinajstić information content (AvgIpc) is 3.33. The van der Waals surface area contributed by atoms with Crippen LogP contribution in [-0.2, 0) is 6.54 Å². The second-order valence-electron chi connectivity index (χ2n) is 6.01. The zero-order valence-electron chi connectivity index (χ0n) is 14.1. The van der Waals surface area contributed by atoms with Crippen LogP contribution in [0.25, 0.3) is 11.6 Å². The van der Waals surface area contributed by atoms with Crippen LogP contribution in [0.3, 0.4) is 0 Å². The van der Waals surface area contributed by atoms with Crippen LogP contribution in [0, 0.1) is 0 Å². The summed E-state index contributed by atoms with van der Waals surface area (Å²) < 4.78 is 8.42. The minimum absolute atomic E-state index is 0.314. The molecule has 4 aromatic rings. The van der Waals surface area contributed by atoms with E-state index in [-0.39, 0.29) is 0 Å². The number of imidazole rings is 2. The SMILES string of the molecule is CC(C[n+]1ccn(-c2ccccn2)c1)[n+]1ccn(-c2ccccn2)c1. The monoisotopic (exact) mass is 332 g/mol. The highest BCUT2D eigenvalue weighted by molar-refractivity contribution is 5.20. The van der Waals surface area contributed by atoms with Gasteiger partial charge in [-0.2, -0.15) is 9.13 Å². The summed E-state index contributed by atoms with van der Waals surface area (Å²) in [5.74, 6) is 1.84. The molecule has 6 nitrogen and oxygen atoms in total. The number of pyridine rings is 2. The topological polar surface area (TPSA) is 43.4 Å². The lowest BCUT2D eigenvalue weighted by Crippen LogP contribution is -2.45. The van der Waals surface area contributed by atoms with E-state index < -0.39 is 0 Å². The summed E-state index contributed by atoms with van der Waals surface area (Å²) in [6, 6.07) is 12.1. The van der Waals surface area contributed by atoms with Gasteiger partial charge in [-0.1, -0.05) is 12.1 Å². The Morgan fingerprint density at radius 3 is 2.16 bits per heavy atom. The maximum Gasteiger partial charge on any atom is 0.250 e. The summed E-state index contributed by atoms with van der Waals surface area (Å²) in [6.07, 6.45) is 16.0. The molecule has 0 radical (unpaired) electrons. The van der Waals surface area contributed by atoms with Crippen molar-refractivity contribution >= 4 is 0 Å². The van der Waals surface area contributed by atoms with Crippen molar-refractivity contribution in [2.45, 2.75) is 19.5 Å². The van der Waals surface area contributed by atoms with Gasteiger partial charge in [-0.15, -0.1) is 0 Å². The van der Waals surface area contributed by atoms with Gasteiger partial charge in [0.1, 0.15) is 37.4 Å². The zero-order valence-corrected chi connectivity index (χ0v) is 14.1. The summed E-state index contributed by atoms with van der Waals surface area (Å²) >= 11 is 0. The van der Waals surface area contributed by atoms with Crippen molar-refractivity contribution in [3.05, 3.63) is 86.2 Å². The van der Waals surface area contributed by atoms with Crippen LogP contribution in [0.1, 0.15) is 13.0 Å². The first-order valence-corrected chi connectivity index (χ1v) is 8.28. The Morgan fingerprint density at radius 2 is 1.52 bits per heavy atom. The van der Waals surface area contributed by atoms with Crippen molar-refractivity contribution in [2.75, 3.05) is 0 Å². The molecule has 0 saturated carbocycles. The van der Waals surface area contributed by atoms with E-state index in [0.29, 0.717) is 6.04 Å². The summed E-state index contributed by atoms with van der Waals surface area (Å²) in [6.45, 7) is 3.07. The molecule has 1 atom stereocenters. The fourth-order valence-corrected chi connectivity index (χ4v) is 2.82. The molecule has 0 aromatic carbocycles. The van der Waals surface area contributed by atoms with Crippen LogP contribution in [0.2, 0.25) is 0 Å². The number of hydrogen-bond donors (Lipinski definition) is 0. The molecule has 0 aliphatic heterocycles. The quantitative estimate of drug-likeness (QED) is 0.524. The molecule has 0 amide bonds. The van der Waals surface area contributed by atoms with Crippen LogP contribution in [0.4, 0.5) is 0 Å². The molecule has 0 spiro atoms. The average molecular weight is 332 g/mol. The van der Waals surface area contributed by atoms with E-state index in [9.17, 15) is 0 Å². The van der Waals surface area contributed by atoms with E-state index in [1.807, 2.05) is 57.9 Å². The van der Waals surface area contributed by atoms with Crippen molar-refractivity contribution in [1.82, 2.24) is 19.1 Å². The fourth-order valence-electron chi connectivity index (χ4n) is 2.82. The fraction of sp³-hybridized carbons (Fsp3) is 0.158. The Labute approximate surface area is 146 Å². The second-order valence-corrected chi connectivity index (χ2v) is 6.01. The van der Waals surface area contributed by atoms with Crippen LogP contribution < -0.4 is 9.13 Å². The molecule has 4 rings (SSSR count). The minimum atomic E-state index is 0.314. The minimum Gasteiger partial charge on any atom is -0.232 e. The molecule has 1 unspecified atom stereocenters. The van der Waals surface area contributed by atoms with E-state index in [4.69, 9.17) is 0 Å². The maximum atomic E-state index is 4.38. The van der Waals surface area contributed by atoms with Gasteiger partial charge >= 0.3 is 0 Å². The van der Waals surface area contributed by atoms with Crippen molar-refractivity contribution in [1.29, 1.82) is 0 Å². The second kappa shape index (κ2) is 6.68. The zero-order chi connectivity index (χ0) is 17.1. The lowest BCUT2D eigenvalue weighted by atomic mass is 10.3. The lowest BCUT2D eigenvalue weighted by molar-refractivity contribution is -0.794. The lowest BCUT2D eigenvalue weighted by Gasteiger charge is -2.04. The summed E-state index contributed by atoms with van der Waals surface area (Å²) in [5, 5.41) is 0. The first kappa shape index (κ1) is 15.3. The number of hydrogen-bond acceptors (Lipinski definition) is 2. The molecule has 0 aliphatic carbocycles. The van der Waals surface area contributed by atoms with Crippen LogP contribution in [0.5, 0.6) is 0 Å². The third-order valence-electron chi connectivity index (χ3n) is 4.16. The number of nitrogens with zero attached hydrogens (tertiary/aromatic N) is 6. The smallest absolute Gasteiger partial charge is 0.232 e. The molecule has 0 fully saturated rings. The largest absolute Gasteiger partial charge is 0.250 e. The molecule has 124 valence electrons. The first-order chi connectivity index (χ1) is 12.3. The Bertz CT molecular complexity index is 942. The van der Waals surface area contributed by atoms with E-state index in [1.54, 1.807) is 12.4 Å². The van der Waals surface area contributed by atoms with Gasteiger partial charge in [0.05, 0.1) is 0 Å². The van der Waals surface area contributed by atoms with Crippen molar-refractivity contribution in [2.24, 2.45) is 0 Å². The van der Waals surface area contributed by atoms with Gasteiger partial charge in [0.15, 0.2) is 0 Å². The van der Waals surface area contributed by atoms with Gasteiger partial charge in [-0.25, -0.2) is 19.1 Å². The van der Waals surface area contributed by atoms with Crippen LogP contribution >= 0.6 is 0 Å². The van der Waals surface area contributed by atoms with Gasteiger partial charge < -0.3 is 0 Å². The normalized spacial score (nSPS) is 12.2. The number of rotatable bonds is 5. The van der Waals surface area contributed by atoms with Crippen molar-refractivity contribution in [3.63, 3.8) is 0 Å². The Balaban J connectivity index is 1.49. The molecule has 4 heterocycles. The van der Waals surface area contributed by atoms with Crippen LogP contribution in [0.15, 0.2) is 86.2 Å². The Kier molecular flexibility index (Phi) is 4.08. The van der Waals surface area contributed by atoms with Gasteiger partial charge in [-0.3, -0.25) is 0 Å². The van der Waals surface area contributed by atoms with E-state index in [0.717, 1.165) is 18.2 Å². The number of aromatic nitrogens is 6. The predicted octanol–water partition coefficient (Wildman–Crippen LogP) is 1.89. The Hall–Kier alpha value is -3.28. The summed E-state index contributed by atoms with van der Waals surface area (Å²) in [4.78, 5) is 8.75. The van der Waals surface area contributed by atoms with Gasteiger partial charge in [-0.05, 0) is 19.1 Å². The molecule has 0 saturated heterocycles. The third kappa shape index (κ3) is 3.33. The first-order valence-electron chi connectivity index (χ1n) is 8.28. The molecular weight excluding hydrogens is 312 g/mol. The highest BCUT2D eigenvalue weighted by Gasteiger charge is 2.17. The van der Waals surface area contributed by atoms with Crippen LogP contribution in [-0.4, -0.2) is 19.1 Å². The molecule has 0 bridgehead atoms. The van der Waals surface area contributed by atoms with Gasteiger partial charge in [0.25, 0.3) is 6.33 Å². The molecule has 6 heteroatoms. The van der Waals surface area contributed by atoms with E-state index >= 15 is 0 Å². The van der Waals surface area contributed by atoms with E-state index in [2.05, 4.69) is 51.1 Å². The summed E-state index contributed by atoms with van der Waals surface area (Å²) in [5.41, 5.74) is 0. The third-order valence-corrected chi connectivity index (χ3v) is 4.16. The molecular formula is C19H20N6+2. The standard InChI is InChI=1S/C19H20N6/c1-17(23-12-13-25(16-23)19-7-3-5-9-21-19)14-22-10-11-24(15-22)18-6-2-4-8-20-18/h2-13,15-17H,14H2,1H3/q+2. The molecule has 4 aromatic heterocycles. The predicted molar refractivity (Wildman–Crippen MR) is 92.2 cm³/mol. The molecule has 25 heavy (non-hydrogen) atoms. The summed E-state index contributed by atoms with van der Waals surface area (Å²) in [7, 11) is 0. The highest BCUT2D eigenvalue weighted by Crippen LogP contribution is 2.04. The molecule has 0 N–H and O–H groups in total. The van der Waals surface area contributed by atoms with Crippen molar-refractivity contribution < 1.29 is 9.13 Å². The highest BCUT2D eigenvalue weighted by atomic mass is 15.2. The van der Waals surface area contributed by atoms with Gasteiger partial charge in [0.2, 0.25) is 18.0 Å². The van der Waals surface area contributed by atoms with Gasteiger partial charge in [0, 0.05) is 24.5 Å². The van der Waals surface area contributed by atoms with E-state index in [1.165, 1.54) is 0 Å². The molecule has 0 aliphatic rings. The maximum absolute atomic E-state index is 4.38. The van der Waals surface area contributed by atoms with Crippen molar-refractivity contribution in [3.8, 4) is 11.6 Å².